The summed E-state index contributed by atoms with van der Waals surface area (Å²) >= 11 is 0. The Labute approximate surface area is 326 Å². The number of benzene rings is 4. The van der Waals surface area contributed by atoms with Crippen LogP contribution >= 0.6 is 0 Å². The van der Waals surface area contributed by atoms with Crippen LogP contribution in [-0.2, 0) is 39.2 Å². The minimum absolute atomic E-state index is 0. The van der Waals surface area contributed by atoms with Gasteiger partial charge in [-0.15, -0.1) is 0 Å². The van der Waals surface area contributed by atoms with Gasteiger partial charge in [0.1, 0.15) is 24.7 Å². The first-order chi connectivity index (χ1) is 24.4. The molecule has 0 spiro atoms. The molecule has 0 unspecified atom stereocenters. The van der Waals surface area contributed by atoms with E-state index in [1.807, 2.05) is 12.1 Å². The third-order valence-corrected chi connectivity index (χ3v) is 7.87. The van der Waals surface area contributed by atoms with Crippen molar-refractivity contribution in [3.05, 3.63) is 72.8 Å². The standard InChI is InChI=1S/C30H32O6.2CHF3O3S.H2O.Pb/c1-3-7-25-23(5-1)9-11-27-29(25)30-26-8-4-2-6-24(26)10-12-28(30)36-22-20-34-18-16-32-14-13-31-15-17-33-19-21-35-27;2*2-1(3,4)8(5,6)7;;/h1-12H,13-22H2;2*(H,5,6,7);1H2;. The maximum absolute atomic E-state index is 10.7. The van der Waals surface area contributed by atoms with Gasteiger partial charge in [0.05, 0.1) is 52.9 Å². The van der Waals surface area contributed by atoms with Crippen LogP contribution in [0.4, 0.5) is 26.3 Å². The normalized spacial score (nSPS) is 15.4. The molecule has 1 heterocycles. The molecule has 5 rings (SSSR count). The Bertz CT molecular complexity index is 1820. The molecule has 13 nitrogen and oxygen atoms in total. The van der Waals surface area contributed by atoms with Crippen molar-refractivity contribution in [1.29, 1.82) is 0 Å². The van der Waals surface area contributed by atoms with Crippen LogP contribution in [-0.4, -0.2) is 136 Å². The fraction of sp³-hybridized carbons (Fsp3) is 0.375. The van der Waals surface area contributed by atoms with Crippen molar-refractivity contribution < 1.29 is 86.2 Å². The van der Waals surface area contributed by atoms with Crippen LogP contribution in [0.2, 0.25) is 0 Å². The minimum atomic E-state index is -5.84. The number of ether oxygens (including phenoxy) is 6. The molecule has 0 aromatic heterocycles. The molecule has 1 aliphatic rings. The van der Waals surface area contributed by atoms with Crippen LogP contribution in [0.3, 0.4) is 0 Å². The average molecular weight is 1010 g/mol. The summed E-state index contributed by atoms with van der Waals surface area (Å²) in [6.45, 7) is 4.96. The Balaban J connectivity index is 0.000000682. The number of hydrogen-bond donors (Lipinski definition) is 2. The first-order valence-corrected chi connectivity index (χ1v) is 18.0. The zero-order valence-electron chi connectivity index (χ0n) is 28.1. The molecule has 4 N–H and O–H groups in total. The zero-order chi connectivity index (χ0) is 38.4. The van der Waals surface area contributed by atoms with Gasteiger partial charge in [-0.05, 0) is 33.7 Å². The Morgan fingerprint density at radius 1 is 0.463 bits per heavy atom. The molecule has 4 aromatic rings. The number of fused-ring (bicyclic) bond motifs is 7. The van der Waals surface area contributed by atoms with E-state index in [-0.39, 0.29) is 32.8 Å². The zero-order valence-corrected chi connectivity index (χ0v) is 33.6. The van der Waals surface area contributed by atoms with Crippen LogP contribution < -0.4 is 9.47 Å². The molecule has 0 amide bonds. The van der Waals surface area contributed by atoms with E-state index in [1.54, 1.807) is 0 Å². The summed E-state index contributed by atoms with van der Waals surface area (Å²) in [5, 5.41) is 4.51. The third kappa shape index (κ3) is 15.3. The molecule has 300 valence electrons. The number of halogens is 6. The summed E-state index contributed by atoms with van der Waals surface area (Å²) < 4.78 is 150. The van der Waals surface area contributed by atoms with Gasteiger partial charge in [0.2, 0.25) is 0 Å². The molecule has 1 aliphatic heterocycles. The van der Waals surface area contributed by atoms with Gasteiger partial charge in [-0.25, -0.2) is 0 Å². The van der Waals surface area contributed by atoms with Crippen molar-refractivity contribution in [1.82, 2.24) is 0 Å². The first kappa shape index (κ1) is 49.1. The largest absolute Gasteiger partial charge is 0.522 e. The average Bonchev–Trinajstić information content (AvgIpc) is 3.06. The van der Waals surface area contributed by atoms with Gasteiger partial charge < -0.3 is 33.9 Å². The molecular weight excluding hydrogens is 978 g/mol. The van der Waals surface area contributed by atoms with Crippen molar-refractivity contribution in [3.8, 4) is 22.6 Å². The van der Waals surface area contributed by atoms with E-state index in [9.17, 15) is 26.3 Å². The van der Waals surface area contributed by atoms with Gasteiger partial charge in [-0.1, -0.05) is 60.7 Å². The molecule has 0 aliphatic carbocycles. The van der Waals surface area contributed by atoms with Gasteiger partial charge in [-0.2, -0.15) is 43.2 Å². The Hall–Kier alpha value is -2.88. The molecule has 0 bridgehead atoms. The summed E-state index contributed by atoms with van der Waals surface area (Å²) in [5.74, 6) is 1.61. The topological polar surface area (TPSA) is 196 Å². The molecular formula is C32H36F6O13PbS2. The monoisotopic (exact) mass is 1010 g/mol. The number of alkyl halides is 6. The number of hydrogen-bond acceptors (Lipinski definition) is 10. The van der Waals surface area contributed by atoms with Gasteiger partial charge in [0.25, 0.3) is 0 Å². The number of rotatable bonds is 0. The SMILES string of the molecule is O.O=S(=O)(O)C(F)(F)F.O=S(=O)(O)C(F)(F)F.[Pb].c1ccc2c3c(ccc2c1)OCCOCCOCCOCCOCCOc1ccc2ccccc2c1-3. The molecule has 54 heavy (non-hydrogen) atoms. The predicted octanol–water partition coefficient (Wildman–Crippen LogP) is 5.08. The second kappa shape index (κ2) is 22.6. The maximum Gasteiger partial charge on any atom is 0.522 e. The first-order valence-electron chi connectivity index (χ1n) is 15.1. The van der Waals surface area contributed by atoms with Crippen LogP contribution in [0, 0.1) is 0 Å². The van der Waals surface area contributed by atoms with E-state index in [2.05, 4.69) is 60.7 Å². The maximum atomic E-state index is 10.7. The Kier molecular flexibility index (Phi) is 20.6. The molecule has 4 radical (unpaired) electrons. The Morgan fingerprint density at radius 3 is 1.00 bits per heavy atom. The van der Waals surface area contributed by atoms with E-state index < -0.39 is 31.3 Å². The fourth-order valence-corrected chi connectivity index (χ4v) is 4.44. The van der Waals surface area contributed by atoms with Gasteiger partial charge in [0.15, 0.2) is 0 Å². The summed E-state index contributed by atoms with van der Waals surface area (Å²) in [4.78, 5) is 0. The van der Waals surface area contributed by atoms with Gasteiger partial charge in [0, 0.05) is 38.4 Å². The summed E-state index contributed by atoms with van der Waals surface area (Å²) in [6, 6.07) is 25.0. The van der Waals surface area contributed by atoms with Crippen LogP contribution in [0.25, 0.3) is 32.7 Å². The predicted molar refractivity (Wildman–Crippen MR) is 186 cm³/mol. The van der Waals surface area contributed by atoms with E-state index in [1.165, 1.54) is 0 Å². The molecule has 0 saturated carbocycles. The smallest absolute Gasteiger partial charge is 0.491 e. The van der Waals surface area contributed by atoms with E-state index >= 15 is 0 Å². The van der Waals surface area contributed by atoms with Crippen molar-refractivity contribution >= 4 is 69.1 Å². The quantitative estimate of drug-likeness (QED) is 0.103. The van der Waals surface area contributed by atoms with Crippen molar-refractivity contribution in [2.24, 2.45) is 0 Å². The van der Waals surface area contributed by atoms with Gasteiger partial charge in [-0.3, -0.25) is 9.11 Å². The second-order valence-corrected chi connectivity index (χ2v) is 13.1. The fourth-order valence-electron chi connectivity index (χ4n) is 4.44. The van der Waals surface area contributed by atoms with E-state index in [4.69, 9.17) is 54.4 Å². The van der Waals surface area contributed by atoms with E-state index in [0.29, 0.717) is 66.1 Å². The molecule has 0 saturated heterocycles. The minimum Gasteiger partial charge on any atom is -0.491 e. The third-order valence-electron chi connectivity index (χ3n) is 6.70. The molecule has 22 heteroatoms. The van der Waals surface area contributed by atoms with Crippen molar-refractivity contribution in [3.63, 3.8) is 0 Å². The molecule has 4 aromatic carbocycles. The van der Waals surface area contributed by atoms with Gasteiger partial charge >= 0.3 is 31.3 Å². The van der Waals surface area contributed by atoms with Crippen molar-refractivity contribution in [2.75, 3.05) is 66.1 Å². The van der Waals surface area contributed by atoms with Crippen LogP contribution in [0.1, 0.15) is 0 Å². The van der Waals surface area contributed by atoms with E-state index in [0.717, 1.165) is 44.2 Å². The Morgan fingerprint density at radius 2 is 0.722 bits per heavy atom. The molecule has 0 atom stereocenters. The summed E-state index contributed by atoms with van der Waals surface area (Å²) in [5.41, 5.74) is -9.03. The summed E-state index contributed by atoms with van der Waals surface area (Å²) in [6.07, 6.45) is 0. The second-order valence-electron chi connectivity index (χ2n) is 10.3. The van der Waals surface area contributed by atoms with Crippen molar-refractivity contribution in [2.45, 2.75) is 11.0 Å². The molecule has 0 fully saturated rings. The van der Waals surface area contributed by atoms with Crippen LogP contribution in [0.5, 0.6) is 11.5 Å². The summed E-state index contributed by atoms with van der Waals surface area (Å²) in [7, 11) is -11.7. The van der Waals surface area contributed by atoms with Crippen LogP contribution in [0.15, 0.2) is 72.8 Å².